The average Bonchev–Trinajstić information content (AvgIpc) is 3.33. The molecule has 27 heavy (non-hydrogen) atoms. The summed E-state index contributed by atoms with van der Waals surface area (Å²) in [6, 6.07) is 4.84. The smallest absolute Gasteiger partial charge is 0.309 e. The molecule has 0 bridgehead atoms. The molecular formula is C18H21N3O6. The van der Waals surface area contributed by atoms with E-state index >= 15 is 0 Å². The molecule has 0 aromatic carbocycles. The van der Waals surface area contributed by atoms with Crippen molar-refractivity contribution in [2.75, 3.05) is 18.4 Å². The largest absolute Gasteiger partial charge is 0.459 e. The lowest BCUT2D eigenvalue weighted by atomic mass is 9.97. The standard InChI is InChI=1S/C18H21N3O6/c1-11-10-15(20-27-11)19-16(22)12(2)26-18(24)13-5-7-21(8-6-13)17(23)14-4-3-9-25-14/h3-4,9-10,12-13H,5-8H2,1-2H3,(H,19,20,22)/t12-/m0/s1. The summed E-state index contributed by atoms with van der Waals surface area (Å²) < 4.78 is 15.2. The highest BCUT2D eigenvalue weighted by molar-refractivity contribution is 5.94. The van der Waals surface area contributed by atoms with Crippen LogP contribution in [0.15, 0.2) is 33.4 Å². The number of nitrogens with one attached hydrogen (secondary N) is 1. The Balaban J connectivity index is 1.46. The summed E-state index contributed by atoms with van der Waals surface area (Å²) in [5, 5.41) is 6.18. The second kappa shape index (κ2) is 8.07. The Labute approximate surface area is 155 Å². The average molecular weight is 375 g/mol. The Morgan fingerprint density at radius 1 is 1.33 bits per heavy atom. The molecule has 1 fully saturated rings. The fourth-order valence-electron chi connectivity index (χ4n) is 2.85. The number of nitrogens with zero attached hydrogens (tertiary/aromatic N) is 2. The summed E-state index contributed by atoms with van der Waals surface area (Å²) in [6.07, 6.45) is 1.44. The quantitative estimate of drug-likeness (QED) is 0.795. The zero-order valence-electron chi connectivity index (χ0n) is 15.1. The Morgan fingerprint density at radius 2 is 2.07 bits per heavy atom. The maximum atomic E-state index is 12.3. The minimum atomic E-state index is -0.961. The van der Waals surface area contributed by atoms with Crippen molar-refractivity contribution in [3.63, 3.8) is 0 Å². The molecule has 3 heterocycles. The Morgan fingerprint density at radius 3 is 2.67 bits per heavy atom. The molecule has 1 aliphatic rings. The summed E-state index contributed by atoms with van der Waals surface area (Å²) >= 11 is 0. The molecule has 0 aliphatic carbocycles. The van der Waals surface area contributed by atoms with E-state index in [0.29, 0.717) is 31.7 Å². The zero-order valence-corrected chi connectivity index (χ0v) is 15.1. The Hall–Kier alpha value is -3.10. The van der Waals surface area contributed by atoms with Gasteiger partial charge < -0.3 is 23.9 Å². The number of rotatable bonds is 5. The number of piperidine rings is 1. The van der Waals surface area contributed by atoms with Gasteiger partial charge in [-0.05, 0) is 38.8 Å². The number of carbonyl (C=O) groups excluding carboxylic acids is 3. The predicted molar refractivity (Wildman–Crippen MR) is 92.8 cm³/mol. The van der Waals surface area contributed by atoms with Crippen molar-refractivity contribution in [1.82, 2.24) is 10.1 Å². The van der Waals surface area contributed by atoms with Crippen LogP contribution in [-0.2, 0) is 14.3 Å². The van der Waals surface area contributed by atoms with E-state index in [1.165, 1.54) is 13.2 Å². The van der Waals surface area contributed by atoms with Crippen LogP contribution in [0.4, 0.5) is 5.82 Å². The molecule has 1 saturated heterocycles. The van der Waals surface area contributed by atoms with E-state index in [4.69, 9.17) is 13.7 Å². The van der Waals surface area contributed by atoms with Gasteiger partial charge in [0.25, 0.3) is 11.8 Å². The van der Waals surface area contributed by atoms with Crippen LogP contribution in [0.25, 0.3) is 0 Å². The normalized spacial score (nSPS) is 16.0. The fraction of sp³-hybridized carbons (Fsp3) is 0.444. The maximum Gasteiger partial charge on any atom is 0.309 e. The summed E-state index contributed by atoms with van der Waals surface area (Å²) in [5.41, 5.74) is 0. The molecule has 0 unspecified atom stereocenters. The molecule has 1 aliphatic heterocycles. The van der Waals surface area contributed by atoms with Crippen molar-refractivity contribution < 1.29 is 28.1 Å². The number of ether oxygens (including phenoxy) is 1. The van der Waals surface area contributed by atoms with E-state index in [1.54, 1.807) is 30.0 Å². The minimum Gasteiger partial charge on any atom is -0.459 e. The fourth-order valence-corrected chi connectivity index (χ4v) is 2.85. The maximum absolute atomic E-state index is 12.3. The number of anilines is 1. The monoisotopic (exact) mass is 375 g/mol. The van der Waals surface area contributed by atoms with Crippen LogP contribution in [0.5, 0.6) is 0 Å². The van der Waals surface area contributed by atoms with Gasteiger partial charge in [0.2, 0.25) is 0 Å². The highest BCUT2D eigenvalue weighted by Crippen LogP contribution is 2.21. The van der Waals surface area contributed by atoms with Crippen LogP contribution < -0.4 is 5.32 Å². The number of esters is 1. The Bertz CT molecular complexity index is 805. The number of aromatic nitrogens is 1. The molecule has 0 saturated carbocycles. The molecule has 1 N–H and O–H groups in total. The van der Waals surface area contributed by atoms with Gasteiger partial charge in [0.05, 0.1) is 12.2 Å². The summed E-state index contributed by atoms with van der Waals surface area (Å²) in [6.45, 7) is 4.06. The van der Waals surface area contributed by atoms with Gasteiger partial charge in [0, 0.05) is 19.2 Å². The van der Waals surface area contributed by atoms with Crippen LogP contribution in [0.3, 0.4) is 0 Å². The number of likely N-dealkylation sites (tertiary alicyclic amines) is 1. The van der Waals surface area contributed by atoms with Gasteiger partial charge in [-0.2, -0.15) is 0 Å². The van der Waals surface area contributed by atoms with Gasteiger partial charge in [-0.25, -0.2) is 0 Å². The number of amides is 2. The first-order valence-corrected chi connectivity index (χ1v) is 8.71. The van der Waals surface area contributed by atoms with Gasteiger partial charge in [-0.15, -0.1) is 0 Å². The zero-order chi connectivity index (χ0) is 19.4. The van der Waals surface area contributed by atoms with Gasteiger partial charge in [0.15, 0.2) is 17.7 Å². The summed E-state index contributed by atoms with van der Waals surface area (Å²) in [4.78, 5) is 38.3. The number of furan rings is 1. The third kappa shape index (κ3) is 4.55. The molecule has 3 rings (SSSR count). The van der Waals surface area contributed by atoms with E-state index in [0.717, 1.165) is 0 Å². The third-order valence-electron chi connectivity index (χ3n) is 4.39. The van der Waals surface area contributed by atoms with Gasteiger partial charge in [-0.3, -0.25) is 14.4 Å². The van der Waals surface area contributed by atoms with Crippen molar-refractivity contribution in [3.8, 4) is 0 Å². The van der Waals surface area contributed by atoms with E-state index in [-0.39, 0.29) is 23.4 Å². The molecule has 2 amide bonds. The Kier molecular flexibility index (Phi) is 5.58. The molecule has 9 nitrogen and oxygen atoms in total. The van der Waals surface area contributed by atoms with E-state index in [1.807, 2.05) is 0 Å². The number of carbonyl (C=O) groups is 3. The highest BCUT2D eigenvalue weighted by Gasteiger charge is 2.31. The molecule has 0 spiro atoms. The van der Waals surface area contributed by atoms with Gasteiger partial charge in [-0.1, -0.05) is 5.16 Å². The van der Waals surface area contributed by atoms with Crippen molar-refractivity contribution in [2.24, 2.45) is 5.92 Å². The lowest BCUT2D eigenvalue weighted by Gasteiger charge is -2.30. The van der Waals surface area contributed by atoms with Crippen LogP contribution in [0.2, 0.25) is 0 Å². The van der Waals surface area contributed by atoms with Crippen LogP contribution >= 0.6 is 0 Å². The van der Waals surface area contributed by atoms with Crippen LogP contribution in [0.1, 0.15) is 36.1 Å². The van der Waals surface area contributed by atoms with Gasteiger partial charge >= 0.3 is 5.97 Å². The molecular weight excluding hydrogens is 354 g/mol. The first-order chi connectivity index (χ1) is 12.9. The van der Waals surface area contributed by atoms with Crippen LogP contribution in [-0.4, -0.2) is 47.0 Å². The first kappa shape index (κ1) is 18.7. The SMILES string of the molecule is Cc1cc(NC(=O)[C@H](C)OC(=O)C2CCN(C(=O)c3ccco3)CC2)no1. The van der Waals surface area contributed by atoms with E-state index in [2.05, 4.69) is 10.5 Å². The first-order valence-electron chi connectivity index (χ1n) is 8.71. The molecule has 144 valence electrons. The molecule has 2 aromatic rings. The van der Waals surface area contributed by atoms with Crippen molar-refractivity contribution >= 4 is 23.6 Å². The van der Waals surface area contributed by atoms with Crippen molar-refractivity contribution in [2.45, 2.75) is 32.8 Å². The minimum absolute atomic E-state index is 0.192. The van der Waals surface area contributed by atoms with E-state index < -0.39 is 18.0 Å². The number of hydrogen-bond donors (Lipinski definition) is 1. The van der Waals surface area contributed by atoms with Crippen LogP contribution in [0, 0.1) is 12.8 Å². The topological polar surface area (TPSA) is 115 Å². The molecule has 9 heteroatoms. The lowest BCUT2D eigenvalue weighted by Crippen LogP contribution is -2.41. The third-order valence-corrected chi connectivity index (χ3v) is 4.39. The summed E-state index contributed by atoms with van der Waals surface area (Å²) in [5.74, 6) is -0.362. The molecule has 2 aromatic heterocycles. The highest BCUT2D eigenvalue weighted by atomic mass is 16.5. The second-order valence-electron chi connectivity index (χ2n) is 6.43. The van der Waals surface area contributed by atoms with E-state index in [9.17, 15) is 14.4 Å². The molecule has 1 atom stereocenters. The molecule has 0 radical (unpaired) electrons. The second-order valence-corrected chi connectivity index (χ2v) is 6.43. The van der Waals surface area contributed by atoms with Gasteiger partial charge in [0.1, 0.15) is 5.76 Å². The summed E-state index contributed by atoms with van der Waals surface area (Å²) in [7, 11) is 0. The van der Waals surface area contributed by atoms with Crippen molar-refractivity contribution in [1.29, 1.82) is 0 Å². The van der Waals surface area contributed by atoms with Crippen molar-refractivity contribution in [3.05, 3.63) is 36.0 Å². The predicted octanol–water partition coefficient (Wildman–Crippen LogP) is 2.00. The number of aryl methyl sites for hydroxylation is 1. The number of hydrogen-bond acceptors (Lipinski definition) is 7. The lowest BCUT2D eigenvalue weighted by molar-refractivity contribution is -0.158.